The summed E-state index contributed by atoms with van der Waals surface area (Å²) in [7, 11) is 0. The second kappa shape index (κ2) is 8.51. The molecule has 0 atom stereocenters. The van der Waals surface area contributed by atoms with Crippen LogP contribution >= 0.6 is 0 Å². The maximum absolute atomic E-state index is 12.3. The quantitative estimate of drug-likeness (QED) is 0.387. The van der Waals surface area contributed by atoms with Gasteiger partial charge in [0.25, 0.3) is 0 Å². The van der Waals surface area contributed by atoms with Gasteiger partial charge in [0, 0.05) is 41.0 Å². The van der Waals surface area contributed by atoms with Crippen LogP contribution in [0.3, 0.4) is 0 Å². The van der Waals surface area contributed by atoms with Crippen molar-refractivity contribution < 1.29 is 14.7 Å². The first-order valence-corrected chi connectivity index (χ1v) is 11.5. The van der Waals surface area contributed by atoms with Gasteiger partial charge in [0.2, 0.25) is 0 Å². The molecule has 4 aromatic rings. The van der Waals surface area contributed by atoms with Crippen LogP contribution < -0.4 is 5.73 Å². The fourth-order valence-electron chi connectivity index (χ4n) is 4.74. The van der Waals surface area contributed by atoms with Crippen LogP contribution in [0.15, 0.2) is 72.8 Å². The van der Waals surface area contributed by atoms with E-state index in [0.29, 0.717) is 36.2 Å². The van der Waals surface area contributed by atoms with Crippen molar-refractivity contribution >= 4 is 28.4 Å². The number of aromatic nitrogens is 3. The van der Waals surface area contributed by atoms with Gasteiger partial charge in [-0.15, -0.1) is 0 Å². The second-order valence-corrected chi connectivity index (χ2v) is 9.16. The molecule has 1 aromatic carbocycles. The Morgan fingerprint density at radius 1 is 1.09 bits per heavy atom. The minimum absolute atomic E-state index is 0.114. The van der Waals surface area contributed by atoms with E-state index in [4.69, 9.17) is 10.7 Å². The number of nitrogens with two attached hydrogens (primary N) is 1. The topological polar surface area (TPSA) is 111 Å². The molecular formula is C28H26N4O3. The fourth-order valence-corrected chi connectivity index (χ4v) is 4.74. The van der Waals surface area contributed by atoms with Crippen molar-refractivity contribution in [1.29, 1.82) is 0 Å². The van der Waals surface area contributed by atoms with E-state index in [-0.39, 0.29) is 5.78 Å². The Morgan fingerprint density at radius 3 is 2.40 bits per heavy atom. The van der Waals surface area contributed by atoms with Gasteiger partial charge in [0.15, 0.2) is 5.78 Å². The van der Waals surface area contributed by atoms with E-state index in [1.807, 2.05) is 54.7 Å². The molecule has 1 fully saturated rings. The number of carbonyl (C=O) groups excluding carboxylic acids is 1. The fraction of sp³-hybridized carbons (Fsp3) is 0.214. The molecule has 0 unspecified atom stereocenters. The number of ketones is 1. The number of hydrogen-bond acceptors (Lipinski definition) is 5. The van der Waals surface area contributed by atoms with Crippen LogP contribution in [0.5, 0.6) is 0 Å². The summed E-state index contributed by atoms with van der Waals surface area (Å²) in [6.07, 6.45) is 6.81. The highest BCUT2D eigenvalue weighted by molar-refractivity contribution is 6.20. The summed E-state index contributed by atoms with van der Waals surface area (Å²) in [5, 5.41) is 9.62. The molecule has 3 heterocycles. The minimum atomic E-state index is -0.768. The van der Waals surface area contributed by atoms with Crippen molar-refractivity contribution in [3.8, 4) is 11.1 Å². The zero-order valence-corrected chi connectivity index (χ0v) is 19.7. The van der Waals surface area contributed by atoms with Crippen LogP contribution in [-0.4, -0.2) is 31.4 Å². The van der Waals surface area contributed by atoms with Gasteiger partial charge in [0.1, 0.15) is 0 Å². The molecule has 1 saturated carbocycles. The molecule has 1 aliphatic carbocycles. The van der Waals surface area contributed by atoms with Crippen molar-refractivity contribution in [2.24, 2.45) is 5.73 Å². The largest absolute Gasteiger partial charge is 0.481 e. The first kappa shape index (κ1) is 22.5. The Hall–Kier alpha value is -4.26. The zero-order chi connectivity index (χ0) is 24.7. The number of carboxylic acid groups (broad SMARTS) is 1. The SMILES string of the molecule is CC(=O)/C(=C(/C)N)c1cnc2c(-c3ccc(C4(C(=O)O)CC4)cc3)cn(Cc3ccccn3)c2c1. The highest BCUT2D eigenvalue weighted by Gasteiger charge is 2.51. The number of nitrogens with zero attached hydrogens (tertiary/aromatic N) is 3. The Balaban J connectivity index is 1.63. The van der Waals surface area contributed by atoms with Gasteiger partial charge in [-0.05, 0) is 56.0 Å². The van der Waals surface area contributed by atoms with Gasteiger partial charge in [-0.25, -0.2) is 0 Å². The van der Waals surface area contributed by atoms with Crippen LogP contribution in [-0.2, 0) is 21.5 Å². The van der Waals surface area contributed by atoms with Crippen molar-refractivity contribution in [3.63, 3.8) is 0 Å². The van der Waals surface area contributed by atoms with Gasteiger partial charge in [-0.1, -0.05) is 30.3 Å². The summed E-state index contributed by atoms with van der Waals surface area (Å²) in [5.74, 6) is -0.881. The lowest BCUT2D eigenvalue weighted by molar-refractivity contribution is -0.140. The van der Waals surface area contributed by atoms with Crippen molar-refractivity contribution in [3.05, 3.63) is 89.6 Å². The molecule has 0 amide bonds. The molecule has 3 N–H and O–H groups in total. The van der Waals surface area contributed by atoms with E-state index in [0.717, 1.165) is 33.4 Å². The maximum Gasteiger partial charge on any atom is 0.314 e. The van der Waals surface area contributed by atoms with Gasteiger partial charge in [0.05, 0.1) is 28.7 Å². The number of pyridine rings is 2. The van der Waals surface area contributed by atoms with E-state index in [9.17, 15) is 14.7 Å². The monoisotopic (exact) mass is 466 g/mol. The predicted octanol–water partition coefficient (Wildman–Crippen LogP) is 4.54. The average molecular weight is 467 g/mol. The second-order valence-electron chi connectivity index (χ2n) is 9.16. The number of fused-ring (bicyclic) bond motifs is 1. The van der Waals surface area contributed by atoms with Crippen molar-refractivity contribution in [2.45, 2.75) is 38.6 Å². The first-order valence-electron chi connectivity index (χ1n) is 11.5. The van der Waals surface area contributed by atoms with E-state index in [1.165, 1.54) is 6.92 Å². The molecule has 35 heavy (non-hydrogen) atoms. The highest BCUT2D eigenvalue weighted by atomic mass is 16.4. The number of Topliss-reactive ketones (excluding diaryl/α,β-unsaturated/α-hetero) is 1. The Bertz CT molecular complexity index is 1480. The van der Waals surface area contributed by atoms with E-state index >= 15 is 0 Å². The lowest BCUT2D eigenvalue weighted by Crippen LogP contribution is -2.19. The standard InChI is InChI=1S/C28H26N4O3/c1-17(29)25(18(2)33)20-13-24-26(31-14-20)23(16-32(24)15-22-5-3-4-12-30-22)19-6-8-21(9-7-19)28(10-11-28)27(34)35/h3-9,12-14,16H,10-11,15,29H2,1-2H3,(H,34,35)/b25-17+. The summed E-state index contributed by atoms with van der Waals surface area (Å²) in [5.41, 5.74) is 12.1. The summed E-state index contributed by atoms with van der Waals surface area (Å²) in [6.45, 7) is 3.74. The van der Waals surface area contributed by atoms with Crippen LogP contribution in [0.4, 0.5) is 0 Å². The van der Waals surface area contributed by atoms with Gasteiger partial charge < -0.3 is 15.4 Å². The third-order valence-corrected chi connectivity index (χ3v) is 6.72. The molecule has 0 saturated heterocycles. The van der Waals surface area contributed by atoms with Crippen molar-refractivity contribution in [1.82, 2.24) is 14.5 Å². The number of carbonyl (C=O) groups is 2. The lowest BCUT2D eigenvalue weighted by atomic mass is 9.94. The Morgan fingerprint density at radius 2 is 1.83 bits per heavy atom. The number of allylic oxidation sites excluding steroid dienone is 2. The number of hydrogen-bond donors (Lipinski definition) is 2. The molecule has 0 spiro atoms. The van der Waals surface area contributed by atoms with E-state index in [2.05, 4.69) is 9.55 Å². The summed E-state index contributed by atoms with van der Waals surface area (Å²) >= 11 is 0. The molecule has 176 valence electrons. The third kappa shape index (κ3) is 3.99. The van der Waals surface area contributed by atoms with Crippen LogP contribution in [0.2, 0.25) is 0 Å². The lowest BCUT2D eigenvalue weighted by Gasteiger charge is -2.10. The first-order chi connectivity index (χ1) is 16.8. The van der Waals surface area contributed by atoms with Crippen LogP contribution in [0, 0.1) is 0 Å². The van der Waals surface area contributed by atoms with Crippen LogP contribution in [0.25, 0.3) is 27.7 Å². The Kier molecular flexibility index (Phi) is 5.47. The zero-order valence-electron chi connectivity index (χ0n) is 19.7. The minimum Gasteiger partial charge on any atom is -0.481 e. The molecule has 0 aliphatic heterocycles. The normalized spacial score (nSPS) is 15.0. The third-order valence-electron chi connectivity index (χ3n) is 6.72. The van der Waals surface area contributed by atoms with Gasteiger partial charge >= 0.3 is 5.97 Å². The van der Waals surface area contributed by atoms with Crippen molar-refractivity contribution in [2.75, 3.05) is 0 Å². The number of aliphatic carboxylic acids is 1. The van der Waals surface area contributed by atoms with Gasteiger partial charge in [-0.3, -0.25) is 19.6 Å². The number of rotatable bonds is 7. The van der Waals surface area contributed by atoms with Gasteiger partial charge in [-0.2, -0.15) is 0 Å². The summed E-state index contributed by atoms with van der Waals surface area (Å²) < 4.78 is 2.07. The molecule has 7 heteroatoms. The molecule has 7 nitrogen and oxygen atoms in total. The molecule has 0 bridgehead atoms. The molecule has 5 rings (SSSR count). The number of carboxylic acids is 1. The summed E-state index contributed by atoms with van der Waals surface area (Å²) in [6, 6.07) is 15.5. The summed E-state index contributed by atoms with van der Waals surface area (Å²) in [4.78, 5) is 33.2. The van der Waals surface area contributed by atoms with E-state index in [1.54, 1.807) is 19.3 Å². The Labute approximate surface area is 202 Å². The molecule has 3 aromatic heterocycles. The number of benzene rings is 1. The predicted molar refractivity (Wildman–Crippen MR) is 135 cm³/mol. The average Bonchev–Trinajstić information content (AvgIpc) is 3.58. The molecular weight excluding hydrogens is 440 g/mol. The molecule has 1 aliphatic rings. The smallest absolute Gasteiger partial charge is 0.314 e. The molecule has 0 radical (unpaired) electrons. The van der Waals surface area contributed by atoms with Crippen LogP contribution in [0.1, 0.15) is 43.5 Å². The maximum atomic E-state index is 12.3. The van der Waals surface area contributed by atoms with E-state index < -0.39 is 11.4 Å². The highest BCUT2D eigenvalue weighted by Crippen LogP contribution is 2.48.